The number of rotatable bonds is 4. The van der Waals surface area contributed by atoms with Crippen LogP contribution >= 0.6 is 0 Å². The van der Waals surface area contributed by atoms with Gasteiger partial charge in [-0.3, -0.25) is 4.72 Å². The van der Waals surface area contributed by atoms with Crippen LogP contribution in [0.15, 0.2) is 58.4 Å². The topological polar surface area (TPSA) is 111 Å². The van der Waals surface area contributed by atoms with E-state index in [0.717, 1.165) is 5.56 Å². The van der Waals surface area contributed by atoms with Gasteiger partial charge in [-0.2, -0.15) is 0 Å². The standard InChI is InChI=1S/C14H16N4O2S/c1-10-2-8-13(9-3-10)21(19,20)18-12-6-4-11(5-7-12)17-14(15)16/h2-9,18H,1H3,(H4,15,16,17). The molecule has 0 unspecified atom stereocenters. The average Bonchev–Trinajstić information content (AvgIpc) is 2.40. The maximum Gasteiger partial charge on any atom is 0.261 e. The molecule has 0 spiro atoms. The van der Waals surface area contributed by atoms with Crippen molar-refractivity contribution < 1.29 is 8.42 Å². The molecule has 2 rings (SSSR count). The molecule has 2 aromatic rings. The molecule has 0 aliphatic carbocycles. The fraction of sp³-hybridized carbons (Fsp3) is 0.0714. The maximum atomic E-state index is 12.2. The molecule has 7 heteroatoms. The highest BCUT2D eigenvalue weighted by Crippen LogP contribution is 2.19. The Morgan fingerprint density at radius 1 is 1.00 bits per heavy atom. The molecule has 0 saturated carbocycles. The van der Waals surface area contributed by atoms with E-state index >= 15 is 0 Å². The summed E-state index contributed by atoms with van der Waals surface area (Å²) < 4.78 is 26.9. The maximum absolute atomic E-state index is 12.2. The Bertz CT molecular complexity index is 747. The lowest BCUT2D eigenvalue weighted by atomic mass is 10.2. The van der Waals surface area contributed by atoms with Gasteiger partial charge in [-0.05, 0) is 43.3 Å². The Hall–Kier alpha value is -2.54. The van der Waals surface area contributed by atoms with E-state index in [2.05, 4.69) is 9.71 Å². The summed E-state index contributed by atoms with van der Waals surface area (Å²) in [7, 11) is -3.60. The Kier molecular flexibility index (Phi) is 4.13. The fourth-order valence-corrected chi connectivity index (χ4v) is 2.74. The number of aryl methyl sites for hydroxylation is 1. The first kappa shape index (κ1) is 14.9. The lowest BCUT2D eigenvalue weighted by Gasteiger charge is -2.08. The minimum absolute atomic E-state index is 0.0528. The molecule has 0 amide bonds. The van der Waals surface area contributed by atoms with Gasteiger partial charge in [0.2, 0.25) is 0 Å². The molecule has 0 aromatic heterocycles. The molecule has 0 saturated heterocycles. The van der Waals surface area contributed by atoms with E-state index in [1.165, 1.54) is 0 Å². The second-order valence-electron chi connectivity index (χ2n) is 4.50. The largest absolute Gasteiger partial charge is 0.370 e. The summed E-state index contributed by atoms with van der Waals surface area (Å²) in [6.45, 7) is 1.90. The van der Waals surface area contributed by atoms with Crippen molar-refractivity contribution in [3.63, 3.8) is 0 Å². The van der Waals surface area contributed by atoms with Crippen LogP contribution in [0.25, 0.3) is 0 Å². The number of nitrogens with two attached hydrogens (primary N) is 2. The van der Waals surface area contributed by atoms with Crippen molar-refractivity contribution in [1.29, 1.82) is 0 Å². The number of sulfonamides is 1. The van der Waals surface area contributed by atoms with Crippen LogP contribution in [0.2, 0.25) is 0 Å². The van der Waals surface area contributed by atoms with Crippen molar-refractivity contribution >= 4 is 27.4 Å². The van der Waals surface area contributed by atoms with E-state index in [0.29, 0.717) is 11.4 Å². The van der Waals surface area contributed by atoms with Gasteiger partial charge in [0, 0.05) is 5.69 Å². The summed E-state index contributed by atoms with van der Waals surface area (Å²) in [5.41, 5.74) is 12.5. The summed E-state index contributed by atoms with van der Waals surface area (Å²) >= 11 is 0. The van der Waals surface area contributed by atoms with E-state index < -0.39 is 10.0 Å². The minimum Gasteiger partial charge on any atom is -0.370 e. The molecule has 110 valence electrons. The van der Waals surface area contributed by atoms with Crippen LogP contribution in [0.1, 0.15) is 5.56 Å². The van der Waals surface area contributed by atoms with Crippen LogP contribution in [0, 0.1) is 6.92 Å². The van der Waals surface area contributed by atoms with Gasteiger partial charge in [-0.15, -0.1) is 0 Å². The van der Waals surface area contributed by atoms with Gasteiger partial charge < -0.3 is 11.5 Å². The summed E-state index contributed by atoms with van der Waals surface area (Å²) in [5, 5.41) is 0. The highest BCUT2D eigenvalue weighted by molar-refractivity contribution is 7.92. The third kappa shape index (κ3) is 3.96. The predicted octanol–water partition coefficient (Wildman–Crippen LogP) is 1.70. The number of hydrogen-bond acceptors (Lipinski definition) is 3. The van der Waals surface area contributed by atoms with Gasteiger partial charge in [0.15, 0.2) is 5.96 Å². The van der Waals surface area contributed by atoms with Crippen LogP contribution in [0.4, 0.5) is 11.4 Å². The van der Waals surface area contributed by atoms with Gasteiger partial charge in [0.05, 0.1) is 10.6 Å². The first-order chi connectivity index (χ1) is 9.87. The molecule has 0 aliphatic rings. The minimum atomic E-state index is -3.60. The molecule has 0 atom stereocenters. The second kappa shape index (κ2) is 5.84. The molecule has 0 bridgehead atoms. The average molecular weight is 304 g/mol. The van der Waals surface area contributed by atoms with E-state index in [-0.39, 0.29) is 10.9 Å². The predicted molar refractivity (Wildman–Crippen MR) is 83.9 cm³/mol. The van der Waals surface area contributed by atoms with Crippen molar-refractivity contribution in [3.8, 4) is 0 Å². The molecule has 0 aliphatic heterocycles. The summed E-state index contributed by atoms with van der Waals surface area (Å²) in [5.74, 6) is -0.0528. The summed E-state index contributed by atoms with van der Waals surface area (Å²) in [6.07, 6.45) is 0. The molecular formula is C14H16N4O2S. The van der Waals surface area contributed by atoms with Gasteiger partial charge in [-0.25, -0.2) is 13.4 Å². The van der Waals surface area contributed by atoms with Crippen LogP contribution in [0.5, 0.6) is 0 Å². The number of nitrogens with zero attached hydrogens (tertiary/aromatic N) is 1. The molecule has 0 fully saturated rings. The Labute approximate surface area is 123 Å². The van der Waals surface area contributed by atoms with E-state index in [9.17, 15) is 8.42 Å². The smallest absolute Gasteiger partial charge is 0.261 e. The normalized spacial score (nSPS) is 10.9. The molecule has 2 aromatic carbocycles. The highest BCUT2D eigenvalue weighted by atomic mass is 32.2. The van der Waals surface area contributed by atoms with Crippen LogP contribution in [-0.4, -0.2) is 14.4 Å². The second-order valence-corrected chi connectivity index (χ2v) is 6.18. The van der Waals surface area contributed by atoms with E-state index in [1.54, 1.807) is 48.5 Å². The van der Waals surface area contributed by atoms with Crippen LogP contribution < -0.4 is 16.2 Å². The van der Waals surface area contributed by atoms with Crippen molar-refractivity contribution in [1.82, 2.24) is 0 Å². The highest BCUT2D eigenvalue weighted by Gasteiger charge is 2.13. The lowest BCUT2D eigenvalue weighted by molar-refractivity contribution is 0.601. The van der Waals surface area contributed by atoms with Crippen molar-refractivity contribution in [2.24, 2.45) is 16.5 Å². The number of benzene rings is 2. The van der Waals surface area contributed by atoms with E-state index in [4.69, 9.17) is 11.5 Å². The Balaban J connectivity index is 2.20. The van der Waals surface area contributed by atoms with E-state index in [1.807, 2.05) is 6.92 Å². The van der Waals surface area contributed by atoms with Crippen molar-refractivity contribution in [2.45, 2.75) is 11.8 Å². The van der Waals surface area contributed by atoms with Crippen LogP contribution in [-0.2, 0) is 10.0 Å². The monoisotopic (exact) mass is 304 g/mol. The first-order valence-corrected chi connectivity index (χ1v) is 7.64. The van der Waals surface area contributed by atoms with Gasteiger partial charge in [0.1, 0.15) is 0 Å². The van der Waals surface area contributed by atoms with Gasteiger partial charge in [0.25, 0.3) is 10.0 Å². The number of guanidine groups is 1. The molecule has 21 heavy (non-hydrogen) atoms. The summed E-state index contributed by atoms with van der Waals surface area (Å²) in [6, 6.07) is 13.0. The quantitative estimate of drug-likeness (QED) is 0.589. The van der Waals surface area contributed by atoms with Crippen LogP contribution in [0.3, 0.4) is 0 Å². The van der Waals surface area contributed by atoms with Crippen molar-refractivity contribution in [2.75, 3.05) is 4.72 Å². The molecule has 0 radical (unpaired) electrons. The van der Waals surface area contributed by atoms with Gasteiger partial charge >= 0.3 is 0 Å². The third-order valence-electron chi connectivity index (χ3n) is 2.71. The molecule has 6 nitrogen and oxygen atoms in total. The number of nitrogens with one attached hydrogen (secondary N) is 1. The molecule has 0 heterocycles. The van der Waals surface area contributed by atoms with Gasteiger partial charge in [-0.1, -0.05) is 17.7 Å². The summed E-state index contributed by atoms with van der Waals surface area (Å²) in [4.78, 5) is 4.07. The number of anilines is 1. The number of aliphatic imine (C=N–C) groups is 1. The third-order valence-corrected chi connectivity index (χ3v) is 4.11. The zero-order chi connectivity index (χ0) is 15.5. The molecule has 5 N–H and O–H groups in total. The molecular weight excluding hydrogens is 288 g/mol. The van der Waals surface area contributed by atoms with Crippen molar-refractivity contribution in [3.05, 3.63) is 54.1 Å². The first-order valence-electron chi connectivity index (χ1n) is 6.16. The SMILES string of the molecule is Cc1ccc(S(=O)(=O)Nc2ccc(N=C(N)N)cc2)cc1. The Morgan fingerprint density at radius 3 is 2.10 bits per heavy atom. The fourth-order valence-electron chi connectivity index (χ4n) is 1.68. The lowest BCUT2D eigenvalue weighted by Crippen LogP contribution is -2.21. The number of hydrogen-bond donors (Lipinski definition) is 3. The zero-order valence-electron chi connectivity index (χ0n) is 11.4. The Morgan fingerprint density at radius 2 is 1.57 bits per heavy atom. The zero-order valence-corrected chi connectivity index (χ0v) is 12.3.